The maximum absolute atomic E-state index is 9.54. The van der Waals surface area contributed by atoms with Crippen LogP contribution in [0.15, 0.2) is 0 Å². The zero-order chi connectivity index (χ0) is 9.80. The van der Waals surface area contributed by atoms with Crippen LogP contribution in [0.3, 0.4) is 0 Å². The van der Waals surface area contributed by atoms with Gasteiger partial charge in [0, 0.05) is 11.8 Å². The number of hydrogen-bond acceptors (Lipinski definition) is 3. The van der Waals surface area contributed by atoms with E-state index in [-0.39, 0.29) is 6.10 Å². The molecule has 1 saturated heterocycles. The minimum absolute atomic E-state index is 0.0199. The summed E-state index contributed by atoms with van der Waals surface area (Å²) in [5.74, 6) is 3.34. The van der Waals surface area contributed by atoms with Gasteiger partial charge in [0.15, 0.2) is 0 Å². The fraction of sp³-hybridized carbons (Fsp3) is 1.00. The molecule has 0 bridgehead atoms. The summed E-state index contributed by atoms with van der Waals surface area (Å²) in [6.45, 7) is 1.13. The summed E-state index contributed by atoms with van der Waals surface area (Å²) < 4.78 is 0. The quantitative estimate of drug-likeness (QED) is 0.750. The van der Waals surface area contributed by atoms with E-state index in [4.69, 9.17) is 0 Å². The number of aliphatic hydroxyl groups is 1. The number of hydrogen-bond donors (Lipinski definition) is 2. The van der Waals surface area contributed by atoms with E-state index in [1.807, 2.05) is 0 Å². The Kier molecular flexibility index (Phi) is 4.14. The first-order chi connectivity index (χ1) is 6.84. The summed E-state index contributed by atoms with van der Waals surface area (Å²) in [4.78, 5) is 0. The summed E-state index contributed by atoms with van der Waals surface area (Å²) in [6, 6.07) is 0.749. The third kappa shape index (κ3) is 3.14. The zero-order valence-corrected chi connectivity index (χ0v) is 9.56. The third-order valence-corrected chi connectivity index (χ3v) is 4.54. The molecule has 14 heavy (non-hydrogen) atoms. The van der Waals surface area contributed by atoms with Crippen LogP contribution < -0.4 is 5.32 Å². The summed E-state index contributed by atoms with van der Waals surface area (Å²) in [5, 5.41) is 13.2. The summed E-state index contributed by atoms with van der Waals surface area (Å²) in [7, 11) is 0. The minimum atomic E-state index is -0.0199. The van der Waals surface area contributed by atoms with Gasteiger partial charge in [-0.05, 0) is 43.9 Å². The fourth-order valence-corrected chi connectivity index (χ4v) is 3.66. The Labute approximate surface area is 90.8 Å². The van der Waals surface area contributed by atoms with E-state index >= 15 is 0 Å². The van der Waals surface area contributed by atoms with E-state index in [9.17, 15) is 5.11 Å². The van der Waals surface area contributed by atoms with Crippen molar-refractivity contribution in [3.63, 3.8) is 0 Å². The average molecular weight is 215 g/mol. The van der Waals surface area contributed by atoms with Gasteiger partial charge in [0.25, 0.3) is 0 Å². The van der Waals surface area contributed by atoms with Gasteiger partial charge in [0.1, 0.15) is 0 Å². The van der Waals surface area contributed by atoms with Crippen molar-refractivity contribution >= 4 is 11.8 Å². The zero-order valence-electron chi connectivity index (χ0n) is 8.74. The molecule has 0 spiro atoms. The monoisotopic (exact) mass is 215 g/mol. The van der Waals surface area contributed by atoms with E-state index < -0.39 is 0 Å². The van der Waals surface area contributed by atoms with E-state index in [2.05, 4.69) is 17.1 Å². The Morgan fingerprint density at radius 3 is 2.93 bits per heavy atom. The summed E-state index contributed by atoms with van der Waals surface area (Å²) in [6.07, 6.45) is 5.88. The lowest BCUT2D eigenvalue weighted by Gasteiger charge is -2.27. The Morgan fingerprint density at radius 1 is 1.29 bits per heavy atom. The van der Waals surface area contributed by atoms with Crippen LogP contribution in [0.5, 0.6) is 0 Å². The predicted molar refractivity (Wildman–Crippen MR) is 61.7 cm³/mol. The third-order valence-electron chi connectivity index (χ3n) is 3.38. The lowest BCUT2D eigenvalue weighted by Crippen LogP contribution is -2.35. The molecule has 0 radical (unpaired) electrons. The molecule has 3 unspecified atom stereocenters. The number of nitrogens with one attached hydrogen (secondary N) is 1. The van der Waals surface area contributed by atoms with Gasteiger partial charge in [-0.1, -0.05) is 6.42 Å². The Morgan fingerprint density at radius 2 is 2.21 bits per heavy atom. The van der Waals surface area contributed by atoms with Crippen LogP contribution in [0.1, 0.15) is 32.1 Å². The van der Waals surface area contributed by atoms with Gasteiger partial charge in [-0.2, -0.15) is 11.8 Å². The molecule has 1 saturated carbocycles. The number of rotatable bonds is 3. The molecule has 0 aromatic rings. The summed E-state index contributed by atoms with van der Waals surface area (Å²) in [5.41, 5.74) is 0. The fourth-order valence-electron chi connectivity index (χ4n) is 2.48. The molecular formula is C11H21NOS. The van der Waals surface area contributed by atoms with Crippen molar-refractivity contribution in [2.45, 2.75) is 44.2 Å². The second kappa shape index (κ2) is 5.38. The Bertz CT molecular complexity index is 171. The molecule has 0 aromatic carbocycles. The molecule has 2 aliphatic rings. The molecule has 1 heterocycles. The molecule has 0 amide bonds. The molecule has 0 aromatic heterocycles. The first-order valence-electron chi connectivity index (χ1n) is 5.84. The molecule has 2 N–H and O–H groups in total. The van der Waals surface area contributed by atoms with Crippen molar-refractivity contribution in [2.24, 2.45) is 5.92 Å². The van der Waals surface area contributed by atoms with Crippen LogP contribution in [0.25, 0.3) is 0 Å². The van der Waals surface area contributed by atoms with Crippen molar-refractivity contribution in [1.29, 1.82) is 0 Å². The van der Waals surface area contributed by atoms with Gasteiger partial charge in [-0.15, -0.1) is 0 Å². The Hall–Kier alpha value is 0.270. The Balaban J connectivity index is 1.64. The van der Waals surface area contributed by atoms with E-state index in [1.54, 1.807) is 0 Å². The highest BCUT2D eigenvalue weighted by Gasteiger charge is 2.21. The summed E-state index contributed by atoms with van der Waals surface area (Å²) >= 11 is 2.06. The van der Waals surface area contributed by atoms with Crippen molar-refractivity contribution in [3.05, 3.63) is 0 Å². The second-order valence-electron chi connectivity index (χ2n) is 4.66. The normalized spacial score (nSPS) is 38.8. The molecule has 1 aliphatic heterocycles. The van der Waals surface area contributed by atoms with Crippen LogP contribution in [0, 0.1) is 5.92 Å². The molecule has 3 atom stereocenters. The van der Waals surface area contributed by atoms with Crippen LogP contribution in [0.4, 0.5) is 0 Å². The molecule has 82 valence electrons. The van der Waals surface area contributed by atoms with Crippen molar-refractivity contribution in [2.75, 3.05) is 18.1 Å². The van der Waals surface area contributed by atoms with Gasteiger partial charge in [-0.25, -0.2) is 0 Å². The van der Waals surface area contributed by atoms with Gasteiger partial charge in [-0.3, -0.25) is 0 Å². The second-order valence-corrected chi connectivity index (χ2v) is 5.81. The molecule has 3 heteroatoms. The maximum atomic E-state index is 9.54. The molecule has 2 rings (SSSR count). The highest BCUT2D eigenvalue weighted by Crippen LogP contribution is 2.24. The largest absolute Gasteiger partial charge is 0.393 e. The smallest absolute Gasteiger partial charge is 0.0543 e. The standard InChI is InChI=1S/C11H21NOS/c13-11-3-1-2-9(6-11)7-12-10-4-5-14-8-10/h9-13H,1-8H2. The lowest BCUT2D eigenvalue weighted by molar-refractivity contribution is 0.0999. The van der Waals surface area contributed by atoms with Crippen LogP contribution >= 0.6 is 11.8 Å². The van der Waals surface area contributed by atoms with Gasteiger partial charge < -0.3 is 10.4 Å². The van der Waals surface area contributed by atoms with E-state index in [1.165, 1.54) is 30.8 Å². The van der Waals surface area contributed by atoms with E-state index in [0.29, 0.717) is 0 Å². The van der Waals surface area contributed by atoms with Crippen molar-refractivity contribution < 1.29 is 5.11 Å². The van der Waals surface area contributed by atoms with E-state index in [0.717, 1.165) is 31.3 Å². The first kappa shape index (κ1) is 10.8. The molecule has 1 aliphatic carbocycles. The first-order valence-corrected chi connectivity index (χ1v) is 6.99. The SMILES string of the molecule is OC1CCCC(CNC2CCSC2)C1. The average Bonchev–Trinajstić information content (AvgIpc) is 2.67. The van der Waals surface area contributed by atoms with Crippen LogP contribution in [-0.2, 0) is 0 Å². The van der Waals surface area contributed by atoms with Crippen LogP contribution in [-0.4, -0.2) is 35.3 Å². The minimum Gasteiger partial charge on any atom is -0.393 e. The maximum Gasteiger partial charge on any atom is 0.0543 e. The predicted octanol–water partition coefficient (Wildman–Crippen LogP) is 1.63. The number of aliphatic hydroxyl groups excluding tert-OH is 1. The van der Waals surface area contributed by atoms with Crippen molar-refractivity contribution in [1.82, 2.24) is 5.32 Å². The van der Waals surface area contributed by atoms with Gasteiger partial charge >= 0.3 is 0 Å². The van der Waals surface area contributed by atoms with Gasteiger partial charge in [0.05, 0.1) is 6.10 Å². The topological polar surface area (TPSA) is 32.3 Å². The number of thioether (sulfide) groups is 1. The molecular weight excluding hydrogens is 194 g/mol. The molecule has 2 nitrogen and oxygen atoms in total. The van der Waals surface area contributed by atoms with Gasteiger partial charge in [0.2, 0.25) is 0 Å². The van der Waals surface area contributed by atoms with Crippen LogP contribution in [0.2, 0.25) is 0 Å². The highest BCUT2D eigenvalue weighted by atomic mass is 32.2. The highest BCUT2D eigenvalue weighted by molar-refractivity contribution is 7.99. The molecule has 2 fully saturated rings. The van der Waals surface area contributed by atoms with Crippen molar-refractivity contribution in [3.8, 4) is 0 Å². The lowest BCUT2D eigenvalue weighted by atomic mass is 9.87.